The second-order valence-electron chi connectivity index (χ2n) is 5.84. The van der Waals surface area contributed by atoms with E-state index in [2.05, 4.69) is 27.2 Å². The molecular weight excluding hydrogens is 240 g/mol. The summed E-state index contributed by atoms with van der Waals surface area (Å²) in [7, 11) is 2.28. The van der Waals surface area contributed by atoms with E-state index in [4.69, 9.17) is 5.73 Å². The highest BCUT2D eigenvalue weighted by molar-refractivity contribution is 4.96. The van der Waals surface area contributed by atoms with Crippen molar-refractivity contribution in [1.82, 2.24) is 24.8 Å². The Morgan fingerprint density at radius 2 is 2.16 bits per heavy atom. The molecule has 2 atom stereocenters. The summed E-state index contributed by atoms with van der Waals surface area (Å²) in [6, 6.07) is 1.52. The van der Waals surface area contributed by atoms with E-state index in [1.165, 1.54) is 25.8 Å². The van der Waals surface area contributed by atoms with Crippen molar-refractivity contribution in [2.45, 2.75) is 44.4 Å². The largest absolute Gasteiger partial charge is 0.329 e. The van der Waals surface area contributed by atoms with Crippen LogP contribution < -0.4 is 5.73 Å². The maximum Gasteiger partial charge on any atom is 0.0967 e. The SMILES string of the molecule is CN1C2CCC1CN(Cc1cn(CCN)nn1)CC2. The minimum atomic E-state index is 0.612. The van der Waals surface area contributed by atoms with E-state index < -0.39 is 0 Å². The number of fused-ring (bicyclic) bond motifs is 2. The third-order valence-corrected chi connectivity index (χ3v) is 4.56. The number of nitrogens with zero attached hydrogens (tertiary/aromatic N) is 5. The third-order valence-electron chi connectivity index (χ3n) is 4.56. The lowest BCUT2D eigenvalue weighted by Crippen LogP contribution is -2.36. The summed E-state index contributed by atoms with van der Waals surface area (Å²) in [5.41, 5.74) is 6.59. The first kappa shape index (κ1) is 13.0. The van der Waals surface area contributed by atoms with E-state index in [0.717, 1.165) is 37.4 Å². The molecule has 0 amide bonds. The maximum atomic E-state index is 5.53. The molecule has 2 N–H and O–H groups in total. The van der Waals surface area contributed by atoms with Gasteiger partial charge in [0, 0.05) is 44.5 Å². The second kappa shape index (κ2) is 5.56. The molecule has 0 spiro atoms. The molecule has 2 bridgehead atoms. The van der Waals surface area contributed by atoms with Gasteiger partial charge in [-0.05, 0) is 26.3 Å². The topological polar surface area (TPSA) is 63.2 Å². The molecule has 2 aliphatic rings. The zero-order chi connectivity index (χ0) is 13.2. The number of likely N-dealkylation sites (tertiary alicyclic amines) is 1. The van der Waals surface area contributed by atoms with Crippen molar-refractivity contribution >= 4 is 0 Å². The third kappa shape index (κ3) is 2.80. The van der Waals surface area contributed by atoms with Crippen LogP contribution in [0.25, 0.3) is 0 Å². The Balaban J connectivity index is 1.60. The van der Waals surface area contributed by atoms with Crippen molar-refractivity contribution in [3.63, 3.8) is 0 Å². The Labute approximate surface area is 114 Å². The van der Waals surface area contributed by atoms with Gasteiger partial charge in [0.2, 0.25) is 0 Å². The lowest BCUT2D eigenvalue weighted by atomic mass is 10.1. The summed E-state index contributed by atoms with van der Waals surface area (Å²) in [5, 5.41) is 8.35. The molecule has 6 nitrogen and oxygen atoms in total. The molecule has 6 heteroatoms. The van der Waals surface area contributed by atoms with E-state index in [0.29, 0.717) is 6.54 Å². The van der Waals surface area contributed by atoms with Gasteiger partial charge < -0.3 is 5.73 Å². The number of hydrogen-bond donors (Lipinski definition) is 1. The first-order valence-corrected chi connectivity index (χ1v) is 7.29. The van der Waals surface area contributed by atoms with Crippen LogP contribution in [0, 0.1) is 0 Å². The van der Waals surface area contributed by atoms with Crippen LogP contribution in [0.1, 0.15) is 25.0 Å². The normalized spacial score (nSPS) is 28.7. The average Bonchev–Trinajstić information content (AvgIpc) is 2.90. The van der Waals surface area contributed by atoms with E-state index in [-0.39, 0.29) is 0 Å². The zero-order valence-corrected chi connectivity index (χ0v) is 11.7. The monoisotopic (exact) mass is 264 g/mol. The molecule has 3 heterocycles. The molecule has 19 heavy (non-hydrogen) atoms. The molecule has 2 unspecified atom stereocenters. The molecule has 2 fully saturated rings. The molecular formula is C13H24N6. The molecule has 106 valence electrons. The Hall–Kier alpha value is -0.980. The van der Waals surface area contributed by atoms with Gasteiger partial charge in [0.05, 0.1) is 12.2 Å². The van der Waals surface area contributed by atoms with Crippen LogP contribution in [0.2, 0.25) is 0 Å². The van der Waals surface area contributed by atoms with Crippen molar-refractivity contribution in [3.05, 3.63) is 11.9 Å². The number of rotatable bonds is 4. The van der Waals surface area contributed by atoms with E-state index in [1.807, 2.05) is 10.9 Å². The summed E-state index contributed by atoms with van der Waals surface area (Å²) in [5.74, 6) is 0. The predicted octanol–water partition coefficient (Wildman–Crippen LogP) is -0.0947. The lowest BCUT2D eigenvalue weighted by molar-refractivity contribution is 0.213. The molecule has 2 aliphatic heterocycles. The standard InChI is InChI=1S/C13H24N6/c1-17-12-2-3-13(17)10-18(6-4-12)8-11-9-19(7-5-14)16-15-11/h9,12-13H,2-8,10,14H2,1H3. The van der Waals surface area contributed by atoms with Gasteiger partial charge in [0.15, 0.2) is 0 Å². The van der Waals surface area contributed by atoms with Crippen molar-refractivity contribution in [1.29, 1.82) is 0 Å². The quantitative estimate of drug-likeness (QED) is 0.823. The smallest absolute Gasteiger partial charge is 0.0967 e. The number of nitrogens with two attached hydrogens (primary N) is 1. The Kier molecular flexibility index (Phi) is 3.81. The molecule has 1 aromatic rings. The highest BCUT2D eigenvalue weighted by Crippen LogP contribution is 2.28. The van der Waals surface area contributed by atoms with Crippen molar-refractivity contribution in [2.75, 3.05) is 26.7 Å². The van der Waals surface area contributed by atoms with Crippen molar-refractivity contribution in [3.8, 4) is 0 Å². The summed E-state index contributed by atoms with van der Waals surface area (Å²) in [6.07, 6.45) is 6.03. The minimum absolute atomic E-state index is 0.612. The fourth-order valence-electron chi connectivity index (χ4n) is 3.40. The Morgan fingerprint density at radius 1 is 1.32 bits per heavy atom. The second-order valence-corrected chi connectivity index (χ2v) is 5.84. The zero-order valence-electron chi connectivity index (χ0n) is 11.7. The van der Waals surface area contributed by atoms with Crippen molar-refractivity contribution < 1.29 is 0 Å². The molecule has 0 aromatic carbocycles. The average molecular weight is 264 g/mol. The molecule has 0 saturated carbocycles. The summed E-state index contributed by atoms with van der Waals surface area (Å²) in [4.78, 5) is 5.10. The van der Waals surface area contributed by atoms with Crippen molar-refractivity contribution in [2.24, 2.45) is 5.73 Å². The van der Waals surface area contributed by atoms with Gasteiger partial charge in [0.1, 0.15) is 0 Å². The van der Waals surface area contributed by atoms with Gasteiger partial charge in [-0.2, -0.15) is 0 Å². The molecule has 1 aromatic heterocycles. The molecule has 0 aliphatic carbocycles. The Bertz CT molecular complexity index is 417. The van der Waals surface area contributed by atoms with Gasteiger partial charge in [-0.1, -0.05) is 5.21 Å². The molecule has 2 saturated heterocycles. The van der Waals surface area contributed by atoms with Crippen LogP contribution in [-0.4, -0.2) is 63.6 Å². The number of aromatic nitrogens is 3. The number of likely N-dealkylation sites (N-methyl/N-ethyl adjacent to an activating group) is 1. The van der Waals surface area contributed by atoms with Crippen LogP contribution in [0.4, 0.5) is 0 Å². The Morgan fingerprint density at radius 3 is 3.00 bits per heavy atom. The summed E-state index contributed by atoms with van der Waals surface area (Å²) in [6.45, 7) is 4.62. The van der Waals surface area contributed by atoms with Crippen LogP contribution >= 0.6 is 0 Å². The van der Waals surface area contributed by atoms with Crippen LogP contribution in [0.15, 0.2) is 6.20 Å². The maximum absolute atomic E-state index is 5.53. The first-order chi connectivity index (χ1) is 9.26. The summed E-state index contributed by atoms with van der Waals surface area (Å²) >= 11 is 0. The fraction of sp³-hybridized carbons (Fsp3) is 0.846. The summed E-state index contributed by atoms with van der Waals surface area (Å²) < 4.78 is 1.84. The lowest BCUT2D eigenvalue weighted by Gasteiger charge is -2.24. The van der Waals surface area contributed by atoms with Crippen LogP contribution in [-0.2, 0) is 13.1 Å². The molecule has 0 radical (unpaired) electrons. The fourth-order valence-corrected chi connectivity index (χ4v) is 3.40. The molecule has 3 rings (SSSR count). The van der Waals surface area contributed by atoms with Crippen LogP contribution in [0.3, 0.4) is 0 Å². The van der Waals surface area contributed by atoms with Gasteiger partial charge in [-0.3, -0.25) is 14.5 Å². The van der Waals surface area contributed by atoms with Gasteiger partial charge in [0.25, 0.3) is 0 Å². The van der Waals surface area contributed by atoms with E-state index >= 15 is 0 Å². The van der Waals surface area contributed by atoms with E-state index in [9.17, 15) is 0 Å². The predicted molar refractivity (Wildman–Crippen MR) is 73.5 cm³/mol. The van der Waals surface area contributed by atoms with Crippen LogP contribution in [0.5, 0.6) is 0 Å². The van der Waals surface area contributed by atoms with E-state index in [1.54, 1.807) is 0 Å². The highest BCUT2D eigenvalue weighted by atomic mass is 15.4. The van der Waals surface area contributed by atoms with Gasteiger partial charge in [-0.25, -0.2) is 0 Å². The minimum Gasteiger partial charge on any atom is -0.329 e. The van der Waals surface area contributed by atoms with Gasteiger partial charge >= 0.3 is 0 Å². The number of hydrogen-bond acceptors (Lipinski definition) is 5. The highest BCUT2D eigenvalue weighted by Gasteiger charge is 2.34. The van der Waals surface area contributed by atoms with Gasteiger partial charge in [-0.15, -0.1) is 5.10 Å². The first-order valence-electron chi connectivity index (χ1n) is 7.29.